The fourth-order valence-corrected chi connectivity index (χ4v) is 2.93. The molecule has 8 heteroatoms. The summed E-state index contributed by atoms with van der Waals surface area (Å²) in [6, 6.07) is 5.36. The maximum atomic E-state index is 13.5. The van der Waals surface area contributed by atoms with Gasteiger partial charge in [-0.25, -0.2) is 0 Å². The summed E-state index contributed by atoms with van der Waals surface area (Å²) in [5, 5.41) is 0. The molecule has 112 valence electrons. The first-order valence-electron chi connectivity index (χ1n) is 5.85. The largest absolute Gasteiger partial charge is 0.411 e. The molecule has 1 fully saturated rings. The lowest BCUT2D eigenvalue weighted by molar-refractivity contribution is -0.267. The minimum absolute atomic E-state index is 0.128. The molecule has 1 unspecified atom stereocenters. The maximum absolute atomic E-state index is 13.5. The molecule has 20 heavy (non-hydrogen) atoms. The second-order valence-electron chi connectivity index (χ2n) is 4.81. The summed E-state index contributed by atoms with van der Waals surface area (Å²) in [5.41, 5.74) is -2.36. The molecule has 0 radical (unpaired) electrons. The summed E-state index contributed by atoms with van der Waals surface area (Å²) in [4.78, 5) is 1.15. The van der Waals surface area contributed by atoms with Gasteiger partial charge in [0.05, 0.1) is 6.26 Å². The molecule has 1 aromatic rings. The number of halogens is 3. The van der Waals surface area contributed by atoms with Crippen LogP contribution in [0.1, 0.15) is 12.0 Å². The van der Waals surface area contributed by atoms with Crippen molar-refractivity contribution in [2.75, 3.05) is 19.8 Å². The Balaban J connectivity index is 2.57. The Morgan fingerprint density at radius 3 is 2.30 bits per heavy atom. The highest BCUT2D eigenvalue weighted by Crippen LogP contribution is 2.53. The van der Waals surface area contributed by atoms with E-state index >= 15 is 0 Å². The summed E-state index contributed by atoms with van der Waals surface area (Å²) in [6.07, 6.45) is -3.84. The van der Waals surface area contributed by atoms with Crippen LogP contribution < -0.4 is 4.18 Å². The molecular formula is C12H14F3NO3S. The molecule has 0 saturated carbocycles. The SMILES string of the molecule is CN1CCC1(c1ccccc1OS(C)(=O)=O)C(F)(F)F. The number of benzene rings is 1. The number of likely N-dealkylation sites (tertiary alicyclic amines) is 1. The van der Waals surface area contributed by atoms with E-state index < -0.39 is 21.8 Å². The number of para-hydroxylation sites is 1. The van der Waals surface area contributed by atoms with Crippen LogP contribution in [-0.4, -0.2) is 39.3 Å². The summed E-state index contributed by atoms with van der Waals surface area (Å²) >= 11 is 0. The van der Waals surface area contributed by atoms with Crippen molar-refractivity contribution in [3.63, 3.8) is 0 Å². The summed E-state index contributed by atoms with van der Waals surface area (Å²) in [7, 11) is -2.54. The molecule has 0 amide bonds. The van der Waals surface area contributed by atoms with Gasteiger partial charge in [-0.15, -0.1) is 0 Å². The van der Waals surface area contributed by atoms with E-state index in [1.54, 1.807) is 0 Å². The standard InChI is InChI=1S/C12H14F3NO3S/c1-16-8-7-11(16,12(13,14)15)9-5-3-4-6-10(9)19-20(2,17)18/h3-6H,7-8H2,1-2H3. The molecule has 1 aliphatic rings. The van der Waals surface area contributed by atoms with Gasteiger partial charge in [0.15, 0.2) is 0 Å². The number of hydrogen-bond acceptors (Lipinski definition) is 4. The smallest absolute Gasteiger partial charge is 0.382 e. The van der Waals surface area contributed by atoms with E-state index in [-0.39, 0.29) is 24.3 Å². The first kappa shape index (κ1) is 15.1. The van der Waals surface area contributed by atoms with Gasteiger partial charge in [-0.3, -0.25) is 4.90 Å². The molecule has 4 nitrogen and oxygen atoms in total. The van der Waals surface area contributed by atoms with Crippen molar-refractivity contribution in [1.29, 1.82) is 0 Å². The van der Waals surface area contributed by atoms with E-state index in [0.29, 0.717) is 0 Å². The molecule has 0 spiro atoms. The Morgan fingerprint density at radius 1 is 1.30 bits per heavy atom. The highest BCUT2D eigenvalue weighted by Gasteiger charge is 2.64. The number of nitrogens with zero attached hydrogens (tertiary/aromatic N) is 1. The lowest BCUT2D eigenvalue weighted by Crippen LogP contribution is -2.63. The van der Waals surface area contributed by atoms with Crippen molar-refractivity contribution in [1.82, 2.24) is 4.90 Å². The van der Waals surface area contributed by atoms with Gasteiger partial charge in [-0.2, -0.15) is 21.6 Å². The van der Waals surface area contributed by atoms with Crippen LogP contribution >= 0.6 is 0 Å². The second kappa shape index (κ2) is 4.63. The third-order valence-corrected chi connectivity index (χ3v) is 3.99. The molecule has 1 saturated heterocycles. The quantitative estimate of drug-likeness (QED) is 0.803. The van der Waals surface area contributed by atoms with Gasteiger partial charge in [0.2, 0.25) is 0 Å². The van der Waals surface area contributed by atoms with Crippen LogP contribution in [0.2, 0.25) is 0 Å². The average Bonchev–Trinajstić information content (AvgIpc) is 2.26. The molecule has 1 aromatic carbocycles. The lowest BCUT2D eigenvalue weighted by atomic mass is 9.77. The first-order valence-corrected chi connectivity index (χ1v) is 7.66. The van der Waals surface area contributed by atoms with E-state index in [9.17, 15) is 21.6 Å². The zero-order valence-electron chi connectivity index (χ0n) is 10.9. The molecule has 1 aliphatic heterocycles. The van der Waals surface area contributed by atoms with Crippen LogP contribution in [0.25, 0.3) is 0 Å². The lowest BCUT2D eigenvalue weighted by Gasteiger charge is -2.52. The van der Waals surface area contributed by atoms with Crippen molar-refractivity contribution >= 4 is 10.1 Å². The monoisotopic (exact) mass is 309 g/mol. The Morgan fingerprint density at radius 2 is 1.90 bits per heavy atom. The second-order valence-corrected chi connectivity index (χ2v) is 6.39. The highest BCUT2D eigenvalue weighted by molar-refractivity contribution is 7.86. The Bertz CT molecular complexity index is 615. The summed E-state index contributed by atoms with van der Waals surface area (Å²) < 4.78 is 67.5. The molecule has 0 aromatic heterocycles. The molecule has 1 atom stereocenters. The fraction of sp³-hybridized carbons (Fsp3) is 0.500. The van der Waals surface area contributed by atoms with Crippen molar-refractivity contribution in [2.24, 2.45) is 0 Å². The molecule has 0 aliphatic carbocycles. The normalized spacial score (nSPS) is 24.2. The predicted molar refractivity (Wildman–Crippen MR) is 66.9 cm³/mol. The van der Waals surface area contributed by atoms with Gasteiger partial charge in [0.25, 0.3) is 0 Å². The molecule has 0 bridgehead atoms. The van der Waals surface area contributed by atoms with Gasteiger partial charge in [-0.05, 0) is 19.5 Å². The van der Waals surface area contributed by atoms with E-state index in [1.807, 2.05) is 0 Å². The summed E-state index contributed by atoms with van der Waals surface area (Å²) in [5.74, 6) is -0.279. The van der Waals surface area contributed by atoms with Gasteiger partial charge >= 0.3 is 16.3 Å². The summed E-state index contributed by atoms with van der Waals surface area (Å²) in [6.45, 7) is 0.284. The van der Waals surface area contributed by atoms with E-state index in [4.69, 9.17) is 4.18 Å². The van der Waals surface area contributed by atoms with Crippen molar-refractivity contribution in [2.45, 2.75) is 18.1 Å². The van der Waals surface area contributed by atoms with Crippen LogP contribution in [-0.2, 0) is 15.7 Å². The predicted octanol–water partition coefficient (Wildman–Crippen LogP) is 2.12. The number of hydrogen-bond donors (Lipinski definition) is 0. The molecule has 1 heterocycles. The highest BCUT2D eigenvalue weighted by atomic mass is 32.2. The molecule has 0 N–H and O–H groups in total. The topological polar surface area (TPSA) is 46.6 Å². The Kier molecular flexibility index (Phi) is 3.50. The maximum Gasteiger partial charge on any atom is 0.411 e. The minimum atomic E-state index is -4.52. The van der Waals surface area contributed by atoms with Crippen molar-refractivity contribution in [3.8, 4) is 5.75 Å². The zero-order valence-corrected chi connectivity index (χ0v) is 11.8. The Hall–Kier alpha value is -1.28. The third-order valence-electron chi connectivity index (χ3n) is 3.50. The molecule has 2 rings (SSSR count). The number of rotatable bonds is 3. The average molecular weight is 309 g/mol. The van der Waals surface area contributed by atoms with Crippen molar-refractivity contribution < 1.29 is 25.8 Å². The third kappa shape index (κ3) is 2.37. The van der Waals surface area contributed by atoms with Crippen LogP contribution in [0.15, 0.2) is 24.3 Å². The van der Waals surface area contributed by atoms with Crippen LogP contribution in [0.5, 0.6) is 5.75 Å². The zero-order chi connectivity index (χ0) is 15.2. The van der Waals surface area contributed by atoms with Gasteiger partial charge in [-0.1, -0.05) is 18.2 Å². The minimum Gasteiger partial charge on any atom is -0.382 e. The van der Waals surface area contributed by atoms with Crippen LogP contribution in [0.3, 0.4) is 0 Å². The molecular weight excluding hydrogens is 295 g/mol. The van der Waals surface area contributed by atoms with Crippen LogP contribution in [0.4, 0.5) is 13.2 Å². The van der Waals surface area contributed by atoms with Crippen LogP contribution in [0, 0.1) is 0 Å². The van der Waals surface area contributed by atoms with E-state index in [1.165, 1.54) is 31.3 Å². The van der Waals surface area contributed by atoms with Crippen molar-refractivity contribution in [3.05, 3.63) is 29.8 Å². The van der Waals surface area contributed by atoms with E-state index in [2.05, 4.69) is 0 Å². The van der Waals surface area contributed by atoms with Gasteiger partial charge in [0.1, 0.15) is 11.3 Å². The number of alkyl halides is 3. The fourth-order valence-electron chi connectivity index (χ4n) is 2.45. The van der Waals surface area contributed by atoms with Gasteiger partial charge in [0, 0.05) is 12.1 Å². The van der Waals surface area contributed by atoms with Gasteiger partial charge < -0.3 is 4.18 Å². The Labute approximate surface area is 115 Å². The van der Waals surface area contributed by atoms with E-state index in [0.717, 1.165) is 11.2 Å². The first-order chi connectivity index (χ1) is 9.08.